The van der Waals surface area contributed by atoms with Crippen molar-refractivity contribution < 1.29 is 9.53 Å². The van der Waals surface area contributed by atoms with Gasteiger partial charge in [0, 0.05) is 12.5 Å². The van der Waals surface area contributed by atoms with Crippen molar-refractivity contribution >= 4 is 17.4 Å². The number of aryl methyl sites for hydroxylation is 2. The molecule has 2 bridgehead atoms. The first-order chi connectivity index (χ1) is 9.63. The van der Waals surface area contributed by atoms with Crippen molar-refractivity contribution in [2.75, 3.05) is 0 Å². The van der Waals surface area contributed by atoms with E-state index in [0.29, 0.717) is 17.5 Å². The van der Waals surface area contributed by atoms with Crippen LogP contribution >= 0.6 is 11.6 Å². The van der Waals surface area contributed by atoms with Crippen LogP contribution in [0.25, 0.3) is 0 Å². The zero-order valence-electron chi connectivity index (χ0n) is 12.1. The Hall–Kier alpha value is -0.870. The average Bonchev–Trinajstić information content (AvgIpc) is 3.14. The largest absolute Gasteiger partial charge is 0.374 e. The number of ether oxygens (including phenoxy) is 1. The zero-order chi connectivity index (χ0) is 14.3. The molecule has 3 unspecified atom stereocenters. The molecule has 0 amide bonds. The van der Waals surface area contributed by atoms with Crippen LogP contribution < -0.4 is 0 Å². The molecular weight excluding hydrogens is 276 g/mol. The Balaban J connectivity index is 1.77. The summed E-state index contributed by atoms with van der Waals surface area (Å²) in [5.41, 5.74) is 1.76. The molecule has 2 aliphatic heterocycles. The second-order valence-corrected chi connectivity index (χ2v) is 6.11. The van der Waals surface area contributed by atoms with Crippen molar-refractivity contribution in [3.05, 3.63) is 16.4 Å². The molecule has 2 aliphatic rings. The van der Waals surface area contributed by atoms with Crippen molar-refractivity contribution in [2.24, 2.45) is 5.92 Å². The van der Waals surface area contributed by atoms with E-state index in [4.69, 9.17) is 16.3 Å². The number of fused-ring (bicyclic) bond motifs is 2. The van der Waals surface area contributed by atoms with Crippen molar-refractivity contribution in [1.82, 2.24) is 9.78 Å². The first kappa shape index (κ1) is 14.1. The molecule has 20 heavy (non-hydrogen) atoms. The van der Waals surface area contributed by atoms with Gasteiger partial charge in [-0.15, -0.1) is 0 Å². The molecule has 0 aromatic carbocycles. The second-order valence-electron chi connectivity index (χ2n) is 5.74. The monoisotopic (exact) mass is 296 g/mol. The van der Waals surface area contributed by atoms with Gasteiger partial charge in [-0.3, -0.25) is 9.48 Å². The lowest BCUT2D eigenvalue weighted by molar-refractivity contribution is -0.123. The van der Waals surface area contributed by atoms with Gasteiger partial charge in [0.2, 0.25) is 0 Å². The molecule has 0 saturated carbocycles. The fraction of sp³-hybridized carbons (Fsp3) is 0.733. The number of hydrogen-bond donors (Lipinski definition) is 0. The average molecular weight is 297 g/mol. The van der Waals surface area contributed by atoms with Gasteiger partial charge in [0.25, 0.3) is 0 Å². The number of hydrogen-bond acceptors (Lipinski definition) is 3. The summed E-state index contributed by atoms with van der Waals surface area (Å²) in [7, 11) is 0. The zero-order valence-corrected chi connectivity index (χ0v) is 12.8. The van der Waals surface area contributed by atoms with Crippen molar-refractivity contribution in [3.8, 4) is 0 Å². The maximum absolute atomic E-state index is 12.5. The quantitative estimate of drug-likeness (QED) is 0.839. The number of aromatic nitrogens is 2. The summed E-state index contributed by atoms with van der Waals surface area (Å²) >= 11 is 6.37. The molecule has 0 aliphatic carbocycles. The summed E-state index contributed by atoms with van der Waals surface area (Å²) in [5, 5.41) is 5.15. The highest BCUT2D eigenvalue weighted by Gasteiger charge is 2.44. The predicted molar refractivity (Wildman–Crippen MR) is 77.0 cm³/mol. The Morgan fingerprint density at radius 1 is 1.45 bits per heavy atom. The molecule has 1 aromatic rings. The third kappa shape index (κ3) is 2.29. The Bertz CT molecular complexity index is 526. The minimum absolute atomic E-state index is 0.0649. The van der Waals surface area contributed by atoms with Gasteiger partial charge in [-0.25, -0.2) is 0 Å². The van der Waals surface area contributed by atoms with Crippen LogP contribution in [0.15, 0.2) is 0 Å². The normalized spacial score (nSPS) is 28.2. The highest BCUT2D eigenvalue weighted by molar-refractivity contribution is 6.32. The van der Waals surface area contributed by atoms with Gasteiger partial charge >= 0.3 is 0 Å². The third-order valence-electron chi connectivity index (χ3n) is 4.56. The first-order valence-corrected chi connectivity index (χ1v) is 7.94. The Morgan fingerprint density at radius 3 is 2.80 bits per heavy atom. The molecule has 0 radical (unpaired) electrons. The lowest BCUT2D eigenvalue weighted by atomic mass is 9.84. The Morgan fingerprint density at radius 2 is 2.25 bits per heavy atom. The Labute approximate surface area is 124 Å². The summed E-state index contributed by atoms with van der Waals surface area (Å²) < 4.78 is 7.65. The summed E-state index contributed by atoms with van der Waals surface area (Å²) in [6, 6.07) is 0. The minimum Gasteiger partial charge on any atom is -0.374 e. The molecule has 2 fully saturated rings. The molecular formula is C15H21ClN2O2. The van der Waals surface area contributed by atoms with Crippen LogP contribution in [-0.4, -0.2) is 27.8 Å². The molecule has 3 rings (SSSR count). The number of halogens is 1. The number of Topliss-reactive ketones (excluding diaryl/α,β-unsaturated/α-hetero) is 1. The SMILES string of the molecule is CCc1nn(CC)c(CC(=O)C2CC3CCC2O3)c1Cl. The van der Waals surface area contributed by atoms with Crippen molar-refractivity contribution in [2.45, 2.75) is 64.7 Å². The van der Waals surface area contributed by atoms with Crippen molar-refractivity contribution in [3.63, 3.8) is 0 Å². The van der Waals surface area contributed by atoms with Crippen LogP contribution in [0.1, 0.15) is 44.5 Å². The van der Waals surface area contributed by atoms with Gasteiger partial charge in [-0.1, -0.05) is 18.5 Å². The predicted octanol–water partition coefficient (Wildman–Crippen LogP) is 2.80. The van der Waals surface area contributed by atoms with E-state index >= 15 is 0 Å². The number of nitrogens with zero attached hydrogens (tertiary/aromatic N) is 2. The maximum Gasteiger partial charge on any atom is 0.144 e. The lowest BCUT2D eigenvalue weighted by Gasteiger charge is -2.17. The molecule has 2 saturated heterocycles. The molecule has 3 heterocycles. The van der Waals surface area contributed by atoms with Crippen molar-refractivity contribution in [1.29, 1.82) is 0 Å². The van der Waals surface area contributed by atoms with E-state index < -0.39 is 0 Å². The Kier molecular flexibility index (Phi) is 3.87. The molecule has 110 valence electrons. The van der Waals surface area contributed by atoms with Gasteiger partial charge in [0.1, 0.15) is 5.78 Å². The molecule has 1 aromatic heterocycles. The molecule has 5 heteroatoms. The summed E-state index contributed by atoms with van der Waals surface area (Å²) in [6.45, 7) is 4.80. The van der Waals surface area contributed by atoms with Gasteiger partial charge in [-0.2, -0.15) is 5.10 Å². The summed E-state index contributed by atoms with van der Waals surface area (Å²) in [4.78, 5) is 12.5. The molecule has 3 atom stereocenters. The molecule has 0 N–H and O–H groups in total. The fourth-order valence-electron chi connectivity index (χ4n) is 3.46. The van der Waals surface area contributed by atoms with Gasteiger partial charge in [-0.05, 0) is 32.6 Å². The van der Waals surface area contributed by atoms with E-state index in [1.807, 2.05) is 18.5 Å². The van der Waals surface area contributed by atoms with Gasteiger partial charge in [0.05, 0.1) is 35.0 Å². The van der Waals surface area contributed by atoms with Gasteiger partial charge in [0.15, 0.2) is 0 Å². The highest BCUT2D eigenvalue weighted by atomic mass is 35.5. The first-order valence-electron chi connectivity index (χ1n) is 7.56. The fourth-order valence-corrected chi connectivity index (χ4v) is 3.79. The third-order valence-corrected chi connectivity index (χ3v) is 4.99. The van der Waals surface area contributed by atoms with Gasteiger partial charge < -0.3 is 4.74 Å². The van der Waals surface area contributed by atoms with E-state index in [1.54, 1.807) is 0 Å². The van der Waals surface area contributed by atoms with Crippen LogP contribution in [0.3, 0.4) is 0 Å². The number of rotatable bonds is 5. The molecule has 0 spiro atoms. The number of ketones is 1. The van der Waals surface area contributed by atoms with E-state index in [1.165, 1.54) is 0 Å². The maximum atomic E-state index is 12.5. The topological polar surface area (TPSA) is 44.1 Å². The van der Waals surface area contributed by atoms with E-state index in [9.17, 15) is 4.79 Å². The standard InChI is InChI=1S/C15H21ClN2O2/c1-3-11-15(16)12(18(4-2)17-11)8-13(19)10-7-9-5-6-14(10)20-9/h9-10,14H,3-8H2,1-2H3. The summed E-state index contributed by atoms with van der Waals surface area (Å²) in [6.07, 6.45) is 4.68. The van der Waals surface area contributed by atoms with Crippen LogP contribution in [0.5, 0.6) is 0 Å². The highest BCUT2D eigenvalue weighted by Crippen LogP contribution is 2.39. The van der Waals surface area contributed by atoms with Crippen LogP contribution in [0.4, 0.5) is 0 Å². The van der Waals surface area contributed by atoms with Crippen LogP contribution in [0.2, 0.25) is 5.02 Å². The number of carbonyl (C=O) groups is 1. The second kappa shape index (κ2) is 5.49. The lowest BCUT2D eigenvalue weighted by Crippen LogP contribution is -2.27. The molecule has 4 nitrogen and oxygen atoms in total. The van der Waals surface area contributed by atoms with E-state index in [0.717, 1.165) is 43.6 Å². The van der Waals surface area contributed by atoms with Crippen LogP contribution in [0, 0.1) is 5.92 Å². The summed E-state index contributed by atoms with van der Waals surface area (Å²) in [5.74, 6) is 0.325. The van der Waals surface area contributed by atoms with Crippen LogP contribution in [-0.2, 0) is 28.9 Å². The number of carbonyl (C=O) groups excluding carboxylic acids is 1. The minimum atomic E-state index is 0.0649. The smallest absolute Gasteiger partial charge is 0.144 e. The van der Waals surface area contributed by atoms with E-state index in [2.05, 4.69) is 5.10 Å². The van der Waals surface area contributed by atoms with E-state index in [-0.39, 0.29) is 17.8 Å².